The normalized spacial score (nSPS) is 15.4. The van der Waals surface area contributed by atoms with Gasteiger partial charge in [-0.15, -0.1) is 0 Å². The molecule has 2 aromatic rings. The Labute approximate surface area is 220 Å². The number of carbonyl (C=O) groups excluding carboxylic acids is 1. The molecule has 7 heteroatoms. The van der Waals surface area contributed by atoms with Crippen LogP contribution in [0.2, 0.25) is 13.3 Å². The van der Waals surface area contributed by atoms with Gasteiger partial charge in [0.25, 0.3) is 0 Å². The summed E-state index contributed by atoms with van der Waals surface area (Å²) in [5.41, 5.74) is 11.8. The van der Waals surface area contributed by atoms with Crippen molar-refractivity contribution in [2.75, 3.05) is 0 Å². The van der Waals surface area contributed by atoms with E-state index in [0.29, 0.717) is 18.7 Å². The van der Waals surface area contributed by atoms with Gasteiger partial charge in [0, 0.05) is 0 Å². The molecule has 2 aromatic carbocycles. The molecular formula is C29H41N3O3Sn. The van der Waals surface area contributed by atoms with Crippen LogP contribution >= 0.6 is 0 Å². The SMILES string of the molecule is CCC[CH2][Sn]([CH2]CCC)([CH2]CCC)[c]1ccc(N=[N+]=[N-])c(COc2ccc(C3CCC(=O)O3)cc2)c1. The van der Waals surface area contributed by atoms with Gasteiger partial charge in [0.05, 0.1) is 0 Å². The van der Waals surface area contributed by atoms with Crippen molar-refractivity contribution in [3.63, 3.8) is 0 Å². The van der Waals surface area contributed by atoms with Crippen LogP contribution in [-0.2, 0) is 16.1 Å². The number of carbonyl (C=O) groups is 1. The van der Waals surface area contributed by atoms with E-state index in [1.54, 1.807) is 3.58 Å². The molecule has 1 heterocycles. The van der Waals surface area contributed by atoms with Gasteiger partial charge in [-0.05, 0) is 0 Å². The second-order valence-corrected chi connectivity index (χ2v) is 23.2. The Bertz CT molecular complexity index is 1010. The van der Waals surface area contributed by atoms with Crippen LogP contribution in [0.25, 0.3) is 10.4 Å². The molecule has 0 radical (unpaired) electrons. The molecule has 1 aliphatic rings. The molecule has 3 rings (SSSR count). The van der Waals surface area contributed by atoms with E-state index < -0.39 is 18.4 Å². The van der Waals surface area contributed by atoms with E-state index in [1.807, 2.05) is 30.3 Å². The van der Waals surface area contributed by atoms with Crippen LogP contribution < -0.4 is 8.32 Å². The predicted octanol–water partition coefficient (Wildman–Crippen LogP) is 8.64. The number of rotatable bonds is 15. The molecule has 1 atom stereocenters. The van der Waals surface area contributed by atoms with Crippen molar-refractivity contribution in [2.45, 2.75) is 98.2 Å². The number of esters is 1. The Morgan fingerprint density at radius 3 is 2.17 bits per heavy atom. The fourth-order valence-corrected chi connectivity index (χ4v) is 21.3. The second kappa shape index (κ2) is 14.5. The van der Waals surface area contributed by atoms with Gasteiger partial charge >= 0.3 is 216 Å². The summed E-state index contributed by atoms with van der Waals surface area (Å²) in [5.74, 6) is 0.613. The van der Waals surface area contributed by atoms with Crippen molar-refractivity contribution >= 4 is 33.6 Å². The van der Waals surface area contributed by atoms with Gasteiger partial charge in [0.1, 0.15) is 0 Å². The number of benzene rings is 2. The molecular weight excluding hydrogens is 557 g/mol. The zero-order valence-electron chi connectivity index (χ0n) is 22.2. The molecule has 1 aliphatic heterocycles. The minimum absolute atomic E-state index is 0.135. The van der Waals surface area contributed by atoms with Crippen molar-refractivity contribution in [3.05, 3.63) is 64.0 Å². The van der Waals surface area contributed by atoms with Gasteiger partial charge in [-0.3, -0.25) is 4.79 Å². The zero-order valence-corrected chi connectivity index (χ0v) is 25.0. The Morgan fingerprint density at radius 2 is 1.64 bits per heavy atom. The molecule has 0 bridgehead atoms. The van der Waals surface area contributed by atoms with Gasteiger partial charge < -0.3 is 0 Å². The van der Waals surface area contributed by atoms with Gasteiger partial charge in [-0.1, -0.05) is 0 Å². The molecule has 0 saturated carbocycles. The standard InChI is InChI=1S/C17H14N3O3.3C4H9.Sn/c18-20-19-15-4-2-1-3-13(15)11-22-14-7-5-12(6-8-14)16-9-10-17(21)23-16;3*1-3-4-2;/h2-8,16H,9-11H2;3*1,3-4H2,2H3;. The summed E-state index contributed by atoms with van der Waals surface area (Å²) < 4.78 is 17.2. The fraction of sp³-hybridized carbons (Fsp3) is 0.552. The number of hydrogen-bond acceptors (Lipinski definition) is 4. The quantitative estimate of drug-likeness (QED) is 0.0677. The van der Waals surface area contributed by atoms with Crippen LogP contribution in [0.3, 0.4) is 0 Å². The summed E-state index contributed by atoms with van der Waals surface area (Å²) in [4.78, 5) is 14.5. The summed E-state index contributed by atoms with van der Waals surface area (Å²) in [6, 6.07) is 14.4. The van der Waals surface area contributed by atoms with E-state index in [-0.39, 0.29) is 12.1 Å². The summed E-state index contributed by atoms with van der Waals surface area (Å²) in [7, 11) is 0. The monoisotopic (exact) mass is 599 g/mol. The molecule has 36 heavy (non-hydrogen) atoms. The predicted molar refractivity (Wildman–Crippen MR) is 149 cm³/mol. The number of hydrogen-bond donors (Lipinski definition) is 0. The molecule has 0 aromatic heterocycles. The first kappa shape index (κ1) is 28.4. The second-order valence-electron chi connectivity index (χ2n) is 10.00. The first-order chi connectivity index (χ1) is 17.5. The summed E-state index contributed by atoms with van der Waals surface area (Å²) in [6.07, 6.45) is 8.66. The number of cyclic esters (lactones) is 1. The van der Waals surface area contributed by atoms with Crippen molar-refractivity contribution in [2.24, 2.45) is 5.11 Å². The van der Waals surface area contributed by atoms with Gasteiger partial charge in [-0.2, -0.15) is 0 Å². The molecule has 0 spiro atoms. The molecule has 0 amide bonds. The molecule has 0 aliphatic carbocycles. The van der Waals surface area contributed by atoms with Crippen molar-refractivity contribution in [1.29, 1.82) is 0 Å². The number of azide groups is 1. The molecule has 194 valence electrons. The first-order valence-corrected chi connectivity index (χ1v) is 21.1. The molecule has 1 unspecified atom stereocenters. The molecule has 6 nitrogen and oxygen atoms in total. The maximum absolute atomic E-state index is 11.4. The number of ether oxygens (including phenoxy) is 2. The summed E-state index contributed by atoms with van der Waals surface area (Å²) in [6.45, 7) is 7.24. The van der Waals surface area contributed by atoms with E-state index in [0.717, 1.165) is 23.3 Å². The fourth-order valence-electron chi connectivity index (χ4n) is 5.23. The van der Waals surface area contributed by atoms with Crippen molar-refractivity contribution in [1.82, 2.24) is 0 Å². The van der Waals surface area contributed by atoms with E-state index in [4.69, 9.17) is 15.0 Å². The third kappa shape index (κ3) is 7.66. The summed E-state index contributed by atoms with van der Waals surface area (Å²) in [5, 5.41) is 3.98. The average Bonchev–Trinajstić information content (AvgIpc) is 3.34. The Hall–Kier alpha value is -2.18. The zero-order chi connectivity index (χ0) is 25.8. The van der Waals surface area contributed by atoms with E-state index in [1.165, 1.54) is 51.8 Å². The van der Waals surface area contributed by atoms with Crippen LogP contribution in [0.4, 0.5) is 5.69 Å². The van der Waals surface area contributed by atoms with Crippen LogP contribution in [0.15, 0.2) is 47.6 Å². The van der Waals surface area contributed by atoms with Crippen LogP contribution in [0.1, 0.15) is 89.4 Å². The Morgan fingerprint density at radius 1 is 1.00 bits per heavy atom. The average molecular weight is 598 g/mol. The van der Waals surface area contributed by atoms with E-state index in [2.05, 4.69) is 42.9 Å². The third-order valence-electron chi connectivity index (χ3n) is 7.40. The van der Waals surface area contributed by atoms with Crippen LogP contribution in [0.5, 0.6) is 5.75 Å². The molecule has 1 fully saturated rings. The molecule has 0 N–H and O–H groups in total. The van der Waals surface area contributed by atoms with Crippen molar-refractivity contribution in [3.8, 4) is 5.75 Å². The number of nitrogens with zero attached hydrogens (tertiary/aromatic N) is 3. The first-order valence-electron chi connectivity index (χ1n) is 13.7. The summed E-state index contributed by atoms with van der Waals surface area (Å²) >= 11 is -2.61. The topological polar surface area (TPSA) is 84.3 Å². The van der Waals surface area contributed by atoms with Gasteiger partial charge in [-0.25, -0.2) is 0 Å². The molecule has 1 saturated heterocycles. The Balaban J connectivity index is 1.84. The minimum atomic E-state index is -2.61. The van der Waals surface area contributed by atoms with E-state index in [9.17, 15) is 4.79 Å². The number of unbranched alkanes of at least 4 members (excludes halogenated alkanes) is 3. The third-order valence-corrected chi connectivity index (χ3v) is 23.0. The maximum atomic E-state index is 11.4. The van der Waals surface area contributed by atoms with Crippen LogP contribution in [0, 0.1) is 0 Å². The Kier molecular flexibility index (Phi) is 11.5. The van der Waals surface area contributed by atoms with Gasteiger partial charge in [0.2, 0.25) is 0 Å². The van der Waals surface area contributed by atoms with E-state index >= 15 is 0 Å². The van der Waals surface area contributed by atoms with Crippen LogP contribution in [-0.4, -0.2) is 24.3 Å². The van der Waals surface area contributed by atoms with Crippen molar-refractivity contribution < 1.29 is 14.3 Å². The van der Waals surface area contributed by atoms with Gasteiger partial charge in [0.15, 0.2) is 0 Å².